The van der Waals surface area contributed by atoms with Gasteiger partial charge in [-0.1, -0.05) is 32.0 Å². The molecule has 9 heteroatoms. The minimum Gasteiger partial charge on any atom is -0.481 e. The maximum absolute atomic E-state index is 13.2. The summed E-state index contributed by atoms with van der Waals surface area (Å²) in [5.41, 5.74) is 4.49. The van der Waals surface area contributed by atoms with Crippen LogP contribution in [-0.2, 0) is 11.0 Å². The van der Waals surface area contributed by atoms with Crippen molar-refractivity contribution >= 4 is 22.7 Å². The molecule has 0 aliphatic heterocycles. The molecule has 0 saturated carbocycles. The summed E-state index contributed by atoms with van der Waals surface area (Å²) in [6.45, 7) is 7.86. The van der Waals surface area contributed by atoms with E-state index in [4.69, 9.17) is 10.2 Å². The standard InChI is InChI=1S/C31H32F3N3O3/c1-18(2)14-28(21-8-12-26(35-16-21)29(38)6-5-7-30(39)40)37-27-13-11-24(20(4)25(27)17-36-37)23-10-9-22(15-19(23)3)31(32,33)34/h8-13,15-18,28H,5-7,14H2,1-4H3,(H,39,40). The first kappa shape index (κ1) is 29.0. The highest BCUT2D eigenvalue weighted by molar-refractivity contribution is 5.94. The van der Waals surface area contributed by atoms with Crippen molar-refractivity contribution in [3.8, 4) is 11.1 Å². The number of aromatic nitrogens is 3. The van der Waals surface area contributed by atoms with Crippen molar-refractivity contribution in [2.45, 2.75) is 65.6 Å². The average molecular weight is 552 g/mol. The van der Waals surface area contributed by atoms with Crippen molar-refractivity contribution in [1.82, 2.24) is 14.8 Å². The molecule has 0 fully saturated rings. The van der Waals surface area contributed by atoms with Crippen LogP contribution in [0.5, 0.6) is 0 Å². The number of carboxylic acids is 1. The van der Waals surface area contributed by atoms with Crippen LogP contribution in [0.2, 0.25) is 0 Å². The molecule has 1 unspecified atom stereocenters. The van der Waals surface area contributed by atoms with E-state index in [1.165, 1.54) is 12.1 Å². The first-order valence-corrected chi connectivity index (χ1v) is 13.2. The lowest BCUT2D eigenvalue weighted by atomic mass is 9.93. The number of aliphatic carboxylic acids is 1. The van der Waals surface area contributed by atoms with Gasteiger partial charge in [-0.05, 0) is 84.7 Å². The molecule has 0 aliphatic carbocycles. The monoisotopic (exact) mass is 551 g/mol. The van der Waals surface area contributed by atoms with Crippen molar-refractivity contribution in [1.29, 1.82) is 0 Å². The Balaban J connectivity index is 1.67. The number of ketones is 1. The van der Waals surface area contributed by atoms with E-state index in [2.05, 4.69) is 18.8 Å². The Morgan fingerprint density at radius 2 is 1.70 bits per heavy atom. The second kappa shape index (κ2) is 11.6. The van der Waals surface area contributed by atoms with Crippen molar-refractivity contribution in [3.63, 3.8) is 0 Å². The number of fused-ring (bicyclic) bond motifs is 1. The van der Waals surface area contributed by atoms with Crippen LogP contribution < -0.4 is 0 Å². The third-order valence-electron chi connectivity index (χ3n) is 7.13. The third kappa shape index (κ3) is 6.24. The van der Waals surface area contributed by atoms with Crippen molar-refractivity contribution in [2.24, 2.45) is 5.92 Å². The lowest BCUT2D eigenvalue weighted by Crippen LogP contribution is -2.15. The third-order valence-corrected chi connectivity index (χ3v) is 7.13. The van der Waals surface area contributed by atoms with E-state index in [0.717, 1.165) is 45.6 Å². The Bertz CT molecular complexity index is 1540. The molecular weight excluding hydrogens is 519 g/mol. The zero-order chi connectivity index (χ0) is 29.2. The molecule has 210 valence electrons. The quantitative estimate of drug-likeness (QED) is 0.203. The Hall–Kier alpha value is -4.01. The fourth-order valence-corrected chi connectivity index (χ4v) is 5.06. The van der Waals surface area contributed by atoms with E-state index in [1.54, 1.807) is 25.4 Å². The lowest BCUT2D eigenvalue weighted by Gasteiger charge is -2.21. The van der Waals surface area contributed by atoms with Gasteiger partial charge in [-0.3, -0.25) is 19.3 Å². The predicted octanol–water partition coefficient (Wildman–Crippen LogP) is 7.81. The Kier molecular flexibility index (Phi) is 8.42. The van der Waals surface area contributed by atoms with Crippen LogP contribution in [0.1, 0.15) is 78.3 Å². The van der Waals surface area contributed by atoms with Gasteiger partial charge >= 0.3 is 12.1 Å². The molecule has 0 spiro atoms. The van der Waals surface area contributed by atoms with E-state index >= 15 is 0 Å². The fraction of sp³-hybridized carbons (Fsp3) is 0.355. The highest BCUT2D eigenvalue weighted by Crippen LogP contribution is 2.37. The lowest BCUT2D eigenvalue weighted by molar-refractivity contribution is -0.138. The van der Waals surface area contributed by atoms with Gasteiger partial charge in [-0.2, -0.15) is 18.3 Å². The van der Waals surface area contributed by atoms with E-state index in [1.807, 2.05) is 29.8 Å². The van der Waals surface area contributed by atoms with Crippen LogP contribution in [0, 0.1) is 19.8 Å². The van der Waals surface area contributed by atoms with Gasteiger partial charge in [0.25, 0.3) is 0 Å². The maximum Gasteiger partial charge on any atom is 0.416 e. The number of hydrogen-bond acceptors (Lipinski definition) is 4. The fourth-order valence-electron chi connectivity index (χ4n) is 5.06. The van der Waals surface area contributed by atoms with Gasteiger partial charge in [0.05, 0.1) is 23.3 Å². The summed E-state index contributed by atoms with van der Waals surface area (Å²) < 4.78 is 41.5. The highest BCUT2D eigenvalue weighted by Gasteiger charge is 2.31. The van der Waals surface area contributed by atoms with E-state index in [0.29, 0.717) is 17.2 Å². The van der Waals surface area contributed by atoms with Gasteiger partial charge in [-0.25, -0.2) is 0 Å². The topological polar surface area (TPSA) is 85.1 Å². The number of aryl methyl sites for hydroxylation is 2. The smallest absolute Gasteiger partial charge is 0.416 e. The summed E-state index contributed by atoms with van der Waals surface area (Å²) in [6.07, 6.45) is 0.162. The zero-order valence-corrected chi connectivity index (χ0v) is 22.9. The molecule has 2 heterocycles. The second-order valence-corrected chi connectivity index (χ2v) is 10.6. The molecule has 0 radical (unpaired) electrons. The summed E-state index contributed by atoms with van der Waals surface area (Å²) in [7, 11) is 0. The van der Waals surface area contributed by atoms with Crippen LogP contribution in [0.15, 0.2) is 54.9 Å². The number of halogens is 3. The molecule has 4 aromatic rings. The van der Waals surface area contributed by atoms with Gasteiger partial charge in [0.1, 0.15) is 5.69 Å². The van der Waals surface area contributed by atoms with Gasteiger partial charge in [0.15, 0.2) is 5.78 Å². The van der Waals surface area contributed by atoms with E-state index in [9.17, 15) is 22.8 Å². The normalized spacial score (nSPS) is 12.7. The Morgan fingerprint density at radius 1 is 0.975 bits per heavy atom. The van der Waals surface area contributed by atoms with Crippen molar-refractivity contribution in [3.05, 3.63) is 82.8 Å². The minimum absolute atomic E-state index is 0.0633. The van der Waals surface area contributed by atoms with Gasteiger partial charge < -0.3 is 5.11 Å². The first-order chi connectivity index (χ1) is 18.9. The van der Waals surface area contributed by atoms with Crippen LogP contribution in [0.3, 0.4) is 0 Å². The number of hydrogen-bond donors (Lipinski definition) is 1. The minimum atomic E-state index is -4.39. The van der Waals surface area contributed by atoms with Gasteiger partial charge in [0, 0.05) is 24.4 Å². The molecule has 0 bridgehead atoms. The number of carbonyl (C=O) groups is 2. The largest absolute Gasteiger partial charge is 0.481 e. The van der Waals surface area contributed by atoms with E-state index in [-0.39, 0.29) is 31.1 Å². The summed E-state index contributed by atoms with van der Waals surface area (Å²) >= 11 is 0. The molecule has 40 heavy (non-hydrogen) atoms. The molecular formula is C31H32F3N3O3. The van der Waals surface area contributed by atoms with Crippen LogP contribution in [0.4, 0.5) is 13.2 Å². The summed E-state index contributed by atoms with van der Waals surface area (Å²) in [5.74, 6) is -0.799. The van der Waals surface area contributed by atoms with Crippen LogP contribution in [0.25, 0.3) is 22.0 Å². The van der Waals surface area contributed by atoms with E-state index < -0.39 is 17.7 Å². The Morgan fingerprint density at radius 3 is 2.30 bits per heavy atom. The number of carboxylic acid groups (broad SMARTS) is 1. The van der Waals surface area contributed by atoms with Gasteiger partial charge in [-0.15, -0.1) is 0 Å². The molecule has 2 aromatic carbocycles. The molecule has 2 aromatic heterocycles. The highest BCUT2D eigenvalue weighted by atomic mass is 19.4. The Labute approximate surface area is 230 Å². The number of carbonyl (C=O) groups excluding carboxylic acids is 1. The number of pyridine rings is 1. The maximum atomic E-state index is 13.2. The predicted molar refractivity (Wildman–Crippen MR) is 147 cm³/mol. The number of rotatable bonds is 10. The van der Waals surface area contributed by atoms with Gasteiger partial charge in [0.2, 0.25) is 0 Å². The average Bonchev–Trinajstić information content (AvgIpc) is 3.32. The van der Waals surface area contributed by atoms with Crippen LogP contribution in [-0.4, -0.2) is 31.6 Å². The summed E-state index contributed by atoms with van der Waals surface area (Å²) in [5, 5.41) is 14.4. The number of Topliss-reactive ketones (excluding diaryl/α,β-unsaturated/α-hetero) is 1. The van der Waals surface area contributed by atoms with Crippen molar-refractivity contribution < 1.29 is 27.9 Å². The zero-order valence-electron chi connectivity index (χ0n) is 22.9. The molecule has 6 nitrogen and oxygen atoms in total. The molecule has 1 atom stereocenters. The molecule has 1 N–H and O–H groups in total. The SMILES string of the molecule is Cc1cc(C(F)(F)F)ccc1-c1ccc2c(cnn2C(CC(C)C)c2ccc(C(=O)CCCC(=O)O)nc2)c1C. The number of alkyl halides is 3. The molecule has 4 rings (SSSR count). The molecule has 0 amide bonds. The van der Waals surface area contributed by atoms with Crippen molar-refractivity contribution in [2.75, 3.05) is 0 Å². The summed E-state index contributed by atoms with van der Waals surface area (Å²) in [4.78, 5) is 27.5. The molecule has 0 aliphatic rings. The number of benzene rings is 2. The number of nitrogens with zero attached hydrogens (tertiary/aromatic N) is 3. The molecule has 0 saturated heterocycles. The first-order valence-electron chi connectivity index (χ1n) is 13.2. The second-order valence-electron chi connectivity index (χ2n) is 10.6. The summed E-state index contributed by atoms with van der Waals surface area (Å²) in [6, 6.07) is 11.1. The van der Waals surface area contributed by atoms with Crippen LogP contribution >= 0.6 is 0 Å².